The highest BCUT2D eigenvalue weighted by Crippen LogP contribution is 2.22. The second kappa shape index (κ2) is 5.77. The Hall–Kier alpha value is -2.69. The van der Waals surface area contributed by atoms with Crippen LogP contribution in [0.25, 0.3) is 0 Å². The Balaban J connectivity index is 3.12. The lowest BCUT2D eigenvalue weighted by Gasteiger charge is -2.19. The summed E-state index contributed by atoms with van der Waals surface area (Å²) in [6.45, 7) is 2.06. The van der Waals surface area contributed by atoms with Crippen LogP contribution in [0.5, 0.6) is 0 Å². The average Bonchev–Trinajstić information content (AvgIpc) is 2.37. The fourth-order valence-corrected chi connectivity index (χ4v) is 1.51. The fraction of sp³-hybridized carbons (Fsp3) is 0.364. The van der Waals surface area contributed by atoms with Crippen LogP contribution in [-0.4, -0.2) is 34.6 Å². The number of nitro groups is 1. The van der Waals surface area contributed by atoms with Crippen LogP contribution in [0.4, 0.5) is 11.5 Å². The molecule has 0 aliphatic carbocycles. The molecule has 0 spiro atoms. The monoisotopic (exact) mass is 264 g/mol. The fourth-order valence-electron chi connectivity index (χ4n) is 1.51. The van der Waals surface area contributed by atoms with Crippen molar-refractivity contribution in [1.29, 1.82) is 5.26 Å². The van der Waals surface area contributed by atoms with Crippen LogP contribution < -0.4 is 4.90 Å². The zero-order valence-electron chi connectivity index (χ0n) is 10.4. The van der Waals surface area contributed by atoms with E-state index in [0.29, 0.717) is 6.54 Å². The molecule has 0 saturated heterocycles. The normalized spacial score (nSPS) is 11.4. The van der Waals surface area contributed by atoms with Crippen molar-refractivity contribution in [3.05, 3.63) is 27.9 Å². The molecular weight excluding hydrogens is 252 g/mol. The number of hydrogen-bond donors (Lipinski definition) is 1. The molecule has 0 fully saturated rings. The quantitative estimate of drug-likeness (QED) is 0.628. The van der Waals surface area contributed by atoms with E-state index in [2.05, 4.69) is 4.98 Å². The minimum Gasteiger partial charge on any atom is -0.477 e. The number of rotatable bonds is 5. The molecule has 8 nitrogen and oxygen atoms in total. The van der Waals surface area contributed by atoms with Gasteiger partial charge in [-0.15, -0.1) is 0 Å². The summed E-state index contributed by atoms with van der Waals surface area (Å²) in [5.41, 5.74) is -0.982. The van der Waals surface area contributed by atoms with E-state index in [1.807, 2.05) is 6.07 Å². The summed E-state index contributed by atoms with van der Waals surface area (Å²) in [4.78, 5) is 26.3. The first-order valence-corrected chi connectivity index (χ1v) is 5.35. The van der Waals surface area contributed by atoms with Gasteiger partial charge in [-0.1, -0.05) is 0 Å². The SMILES string of the molecule is CC(C#N)CN(C)c1cc(C(=O)O)c([N+](=O)[O-])cn1. The summed E-state index contributed by atoms with van der Waals surface area (Å²) in [7, 11) is 1.63. The highest BCUT2D eigenvalue weighted by atomic mass is 16.6. The Morgan fingerprint density at radius 1 is 1.74 bits per heavy atom. The molecule has 8 heteroatoms. The lowest BCUT2D eigenvalue weighted by Crippen LogP contribution is -2.24. The van der Waals surface area contributed by atoms with Gasteiger partial charge in [-0.3, -0.25) is 10.1 Å². The van der Waals surface area contributed by atoms with E-state index in [4.69, 9.17) is 10.4 Å². The van der Waals surface area contributed by atoms with Crippen LogP contribution in [0.2, 0.25) is 0 Å². The molecule has 0 bridgehead atoms. The molecule has 19 heavy (non-hydrogen) atoms. The Bertz CT molecular complexity index is 552. The van der Waals surface area contributed by atoms with Crippen LogP contribution in [0.3, 0.4) is 0 Å². The van der Waals surface area contributed by atoms with Crippen LogP contribution in [0, 0.1) is 27.4 Å². The standard InChI is InChI=1S/C11H12N4O4/c1-7(4-12)6-14(2)10-3-8(11(16)17)9(5-13-10)15(18)19/h3,5,7H,6H2,1-2H3,(H,16,17). The second-order valence-corrected chi connectivity index (χ2v) is 4.03. The number of carboxylic acid groups (broad SMARTS) is 1. The Morgan fingerprint density at radius 2 is 2.37 bits per heavy atom. The van der Waals surface area contributed by atoms with Gasteiger partial charge < -0.3 is 10.0 Å². The van der Waals surface area contributed by atoms with Gasteiger partial charge in [0, 0.05) is 19.7 Å². The molecule has 100 valence electrons. The van der Waals surface area contributed by atoms with Gasteiger partial charge in [0.05, 0.1) is 16.9 Å². The van der Waals surface area contributed by atoms with Crippen LogP contribution in [0.15, 0.2) is 12.3 Å². The van der Waals surface area contributed by atoms with Crippen molar-refractivity contribution in [3.63, 3.8) is 0 Å². The molecule has 1 atom stereocenters. The number of hydrogen-bond acceptors (Lipinski definition) is 6. The maximum Gasteiger partial charge on any atom is 0.342 e. The predicted molar refractivity (Wildman–Crippen MR) is 65.9 cm³/mol. The average molecular weight is 264 g/mol. The Kier molecular flexibility index (Phi) is 4.36. The third kappa shape index (κ3) is 3.38. The molecule has 1 rings (SSSR count). The molecule has 0 aliphatic rings. The Labute approximate surface area is 109 Å². The van der Waals surface area contributed by atoms with Crippen molar-refractivity contribution in [2.24, 2.45) is 5.92 Å². The number of carboxylic acids is 1. The van der Waals surface area contributed by atoms with E-state index in [-0.39, 0.29) is 11.7 Å². The molecule has 1 unspecified atom stereocenters. The van der Waals surface area contributed by atoms with E-state index in [1.54, 1.807) is 18.9 Å². The van der Waals surface area contributed by atoms with Gasteiger partial charge in [-0.25, -0.2) is 9.78 Å². The number of nitriles is 1. The highest BCUT2D eigenvalue weighted by Gasteiger charge is 2.22. The van der Waals surface area contributed by atoms with E-state index >= 15 is 0 Å². The van der Waals surface area contributed by atoms with Gasteiger partial charge in [0.25, 0.3) is 0 Å². The van der Waals surface area contributed by atoms with Crippen molar-refractivity contribution < 1.29 is 14.8 Å². The lowest BCUT2D eigenvalue weighted by molar-refractivity contribution is -0.385. The van der Waals surface area contributed by atoms with Gasteiger partial charge in [0.15, 0.2) is 0 Å². The minimum atomic E-state index is -1.39. The van der Waals surface area contributed by atoms with Crippen molar-refractivity contribution in [2.45, 2.75) is 6.92 Å². The summed E-state index contributed by atoms with van der Waals surface area (Å²) >= 11 is 0. The third-order valence-electron chi connectivity index (χ3n) is 2.45. The molecule has 1 aromatic rings. The summed E-state index contributed by atoms with van der Waals surface area (Å²) in [6, 6.07) is 3.17. The number of pyridine rings is 1. The largest absolute Gasteiger partial charge is 0.477 e. The van der Waals surface area contributed by atoms with E-state index in [9.17, 15) is 14.9 Å². The molecule has 0 amide bonds. The number of carbonyl (C=O) groups is 1. The number of aromatic carboxylic acids is 1. The predicted octanol–water partition coefficient (Wildman–Crippen LogP) is 1.28. The molecular formula is C11H12N4O4. The molecule has 1 N–H and O–H groups in total. The summed E-state index contributed by atoms with van der Waals surface area (Å²) < 4.78 is 0. The van der Waals surface area contributed by atoms with Crippen molar-refractivity contribution in [2.75, 3.05) is 18.5 Å². The first-order chi connectivity index (χ1) is 8.86. The smallest absolute Gasteiger partial charge is 0.342 e. The van der Waals surface area contributed by atoms with Crippen molar-refractivity contribution in [1.82, 2.24) is 4.98 Å². The minimum absolute atomic E-state index is 0.268. The molecule has 0 aromatic carbocycles. The number of aromatic nitrogens is 1. The van der Waals surface area contributed by atoms with Crippen LogP contribution >= 0.6 is 0 Å². The van der Waals surface area contributed by atoms with Crippen molar-refractivity contribution >= 4 is 17.5 Å². The van der Waals surface area contributed by atoms with Gasteiger partial charge in [0.2, 0.25) is 0 Å². The summed E-state index contributed by atoms with van der Waals surface area (Å²) in [5.74, 6) is -1.39. The van der Waals surface area contributed by atoms with Crippen molar-refractivity contribution in [3.8, 4) is 6.07 Å². The first kappa shape index (κ1) is 14.4. The van der Waals surface area contributed by atoms with Crippen LogP contribution in [0.1, 0.15) is 17.3 Å². The van der Waals surface area contributed by atoms with E-state index < -0.39 is 22.1 Å². The third-order valence-corrected chi connectivity index (χ3v) is 2.45. The maximum atomic E-state index is 11.0. The molecule has 0 aliphatic heterocycles. The van der Waals surface area contributed by atoms with Gasteiger partial charge in [0.1, 0.15) is 17.6 Å². The summed E-state index contributed by atoms with van der Waals surface area (Å²) in [6.07, 6.45) is 0.909. The number of nitrogens with zero attached hydrogens (tertiary/aromatic N) is 4. The molecule has 0 radical (unpaired) electrons. The van der Waals surface area contributed by atoms with Gasteiger partial charge in [-0.05, 0) is 6.92 Å². The van der Waals surface area contributed by atoms with Gasteiger partial charge in [-0.2, -0.15) is 5.26 Å². The zero-order chi connectivity index (χ0) is 14.6. The number of anilines is 1. The first-order valence-electron chi connectivity index (χ1n) is 5.35. The summed E-state index contributed by atoms with van der Waals surface area (Å²) in [5, 5.41) is 28.3. The molecule has 0 saturated carbocycles. The van der Waals surface area contributed by atoms with E-state index in [0.717, 1.165) is 12.3 Å². The van der Waals surface area contributed by atoms with Gasteiger partial charge >= 0.3 is 11.7 Å². The van der Waals surface area contributed by atoms with E-state index in [1.165, 1.54) is 0 Å². The van der Waals surface area contributed by atoms with Crippen LogP contribution in [-0.2, 0) is 0 Å². The Morgan fingerprint density at radius 3 is 2.84 bits per heavy atom. The maximum absolute atomic E-state index is 11.0. The zero-order valence-corrected chi connectivity index (χ0v) is 10.4. The molecule has 1 aromatic heterocycles. The second-order valence-electron chi connectivity index (χ2n) is 4.03. The lowest BCUT2D eigenvalue weighted by atomic mass is 10.2. The molecule has 1 heterocycles. The highest BCUT2D eigenvalue weighted by molar-refractivity contribution is 5.93. The topological polar surface area (TPSA) is 120 Å².